The number of carboxylic acid groups (broad SMARTS) is 1. The van der Waals surface area contributed by atoms with Crippen LogP contribution in [0, 0.1) is 6.92 Å². The number of ether oxygens (including phenoxy) is 1. The molecule has 112 valence electrons. The van der Waals surface area contributed by atoms with E-state index >= 15 is 0 Å². The first-order valence-electron chi connectivity index (χ1n) is 6.97. The van der Waals surface area contributed by atoms with Crippen LogP contribution in [0.1, 0.15) is 44.2 Å². The second kappa shape index (κ2) is 8.20. The first-order valence-corrected chi connectivity index (χ1v) is 8.01. The van der Waals surface area contributed by atoms with Crippen molar-refractivity contribution in [1.82, 2.24) is 0 Å². The van der Waals surface area contributed by atoms with Crippen molar-refractivity contribution in [2.45, 2.75) is 45.3 Å². The molecule has 1 N–H and O–H groups in total. The Morgan fingerprint density at radius 2 is 2.05 bits per heavy atom. The van der Waals surface area contributed by atoms with Gasteiger partial charge in [0.15, 0.2) is 0 Å². The van der Waals surface area contributed by atoms with Gasteiger partial charge in [0.05, 0.1) is 13.0 Å². The van der Waals surface area contributed by atoms with E-state index < -0.39 is 5.97 Å². The highest BCUT2D eigenvalue weighted by Gasteiger charge is 2.08. The maximum atomic E-state index is 10.5. The van der Waals surface area contributed by atoms with Gasteiger partial charge in [-0.1, -0.05) is 26.8 Å². The smallest absolute Gasteiger partial charge is 0.304 e. The normalized spacial score (nSPS) is 12.4. The lowest BCUT2D eigenvalue weighted by Crippen LogP contribution is -2.09. The predicted molar refractivity (Wildman–Crippen MR) is 84.9 cm³/mol. The summed E-state index contributed by atoms with van der Waals surface area (Å²) in [7, 11) is 0. The van der Waals surface area contributed by atoms with E-state index in [0.29, 0.717) is 12.5 Å². The molecule has 0 amide bonds. The summed E-state index contributed by atoms with van der Waals surface area (Å²) in [6.45, 7) is 9.01. The van der Waals surface area contributed by atoms with Crippen LogP contribution >= 0.6 is 11.8 Å². The highest BCUT2D eigenvalue weighted by Crippen LogP contribution is 2.23. The van der Waals surface area contributed by atoms with Crippen LogP contribution in [0.5, 0.6) is 5.75 Å². The van der Waals surface area contributed by atoms with E-state index in [1.807, 2.05) is 13.0 Å². The number of aryl methyl sites for hydroxylation is 1. The molecule has 20 heavy (non-hydrogen) atoms. The maximum absolute atomic E-state index is 10.5. The van der Waals surface area contributed by atoms with Gasteiger partial charge in [0.25, 0.3) is 0 Å². The fraction of sp³-hybridized carbons (Fsp3) is 0.562. The zero-order valence-electron chi connectivity index (χ0n) is 12.7. The number of rotatable bonds is 8. The molecule has 0 aliphatic carbocycles. The molecule has 4 heteroatoms. The summed E-state index contributed by atoms with van der Waals surface area (Å²) >= 11 is 1.63. The van der Waals surface area contributed by atoms with Crippen molar-refractivity contribution < 1.29 is 14.6 Å². The first-order chi connectivity index (χ1) is 9.40. The van der Waals surface area contributed by atoms with Gasteiger partial charge < -0.3 is 9.84 Å². The SMILES string of the molecule is Cc1cc(OCCSC(C)CC(=O)O)ccc1C(C)C. The van der Waals surface area contributed by atoms with Crippen LogP contribution in [0.15, 0.2) is 18.2 Å². The van der Waals surface area contributed by atoms with Crippen molar-refractivity contribution >= 4 is 17.7 Å². The summed E-state index contributed by atoms with van der Waals surface area (Å²) in [5, 5.41) is 8.80. The third-order valence-corrected chi connectivity index (χ3v) is 4.22. The van der Waals surface area contributed by atoms with Gasteiger partial charge in [0.1, 0.15) is 5.75 Å². The molecular formula is C16H24O3S. The molecule has 0 aliphatic heterocycles. The van der Waals surface area contributed by atoms with Crippen LogP contribution in [0.2, 0.25) is 0 Å². The average molecular weight is 296 g/mol. The number of hydrogen-bond donors (Lipinski definition) is 1. The molecule has 0 saturated carbocycles. The molecule has 1 unspecified atom stereocenters. The Bertz CT molecular complexity index is 443. The minimum atomic E-state index is -0.745. The minimum absolute atomic E-state index is 0.126. The lowest BCUT2D eigenvalue weighted by molar-refractivity contribution is -0.136. The van der Waals surface area contributed by atoms with E-state index in [1.165, 1.54) is 11.1 Å². The summed E-state index contributed by atoms with van der Waals surface area (Å²) in [4.78, 5) is 10.5. The number of hydrogen-bond acceptors (Lipinski definition) is 3. The number of benzene rings is 1. The number of carboxylic acids is 1. The molecule has 0 saturated heterocycles. The number of aliphatic carboxylic acids is 1. The Morgan fingerprint density at radius 3 is 2.60 bits per heavy atom. The Balaban J connectivity index is 2.36. The fourth-order valence-electron chi connectivity index (χ4n) is 2.10. The summed E-state index contributed by atoms with van der Waals surface area (Å²) in [5.74, 6) is 1.47. The van der Waals surface area contributed by atoms with E-state index in [-0.39, 0.29) is 11.7 Å². The van der Waals surface area contributed by atoms with Gasteiger partial charge in [-0.2, -0.15) is 11.8 Å². The second-order valence-corrected chi connectivity index (χ2v) is 6.85. The van der Waals surface area contributed by atoms with Gasteiger partial charge in [-0.15, -0.1) is 0 Å². The molecule has 1 rings (SSSR count). The number of carbonyl (C=O) groups is 1. The summed E-state index contributed by atoms with van der Waals surface area (Å²) in [5.41, 5.74) is 2.60. The predicted octanol–water partition coefficient (Wildman–Crippen LogP) is 4.09. The molecule has 1 aromatic rings. The van der Waals surface area contributed by atoms with Crippen molar-refractivity contribution in [2.75, 3.05) is 12.4 Å². The molecule has 1 atom stereocenters. The standard InChI is InChI=1S/C16H24O3S/c1-11(2)15-6-5-14(9-12(15)3)19-7-8-20-13(4)10-16(17)18/h5-6,9,11,13H,7-8,10H2,1-4H3,(H,17,18). The molecule has 0 heterocycles. The van der Waals surface area contributed by atoms with Gasteiger partial charge in [0, 0.05) is 11.0 Å². The molecule has 1 aromatic carbocycles. The summed E-state index contributed by atoms with van der Waals surface area (Å²) in [6.07, 6.45) is 0.201. The van der Waals surface area contributed by atoms with E-state index in [0.717, 1.165) is 11.5 Å². The summed E-state index contributed by atoms with van der Waals surface area (Å²) < 4.78 is 5.71. The second-order valence-electron chi connectivity index (χ2n) is 5.30. The highest BCUT2D eigenvalue weighted by atomic mass is 32.2. The molecule has 0 bridgehead atoms. The fourth-order valence-corrected chi connectivity index (χ4v) is 2.94. The van der Waals surface area contributed by atoms with E-state index in [2.05, 4.69) is 32.9 Å². The van der Waals surface area contributed by atoms with Crippen molar-refractivity contribution in [2.24, 2.45) is 0 Å². The lowest BCUT2D eigenvalue weighted by Gasteiger charge is -2.13. The van der Waals surface area contributed by atoms with Crippen LogP contribution in [-0.2, 0) is 4.79 Å². The Morgan fingerprint density at radius 1 is 1.35 bits per heavy atom. The molecule has 0 aromatic heterocycles. The average Bonchev–Trinajstić information content (AvgIpc) is 2.33. The van der Waals surface area contributed by atoms with Crippen molar-refractivity contribution in [3.05, 3.63) is 29.3 Å². The molecule has 0 fully saturated rings. The van der Waals surface area contributed by atoms with Gasteiger partial charge in [-0.3, -0.25) is 4.79 Å². The van der Waals surface area contributed by atoms with E-state index in [9.17, 15) is 4.79 Å². The van der Waals surface area contributed by atoms with E-state index in [4.69, 9.17) is 9.84 Å². The monoisotopic (exact) mass is 296 g/mol. The largest absolute Gasteiger partial charge is 0.493 e. The van der Waals surface area contributed by atoms with Crippen LogP contribution in [0.3, 0.4) is 0 Å². The van der Waals surface area contributed by atoms with Gasteiger partial charge in [0.2, 0.25) is 0 Å². The third-order valence-electron chi connectivity index (χ3n) is 3.08. The first kappa shape index (κ1) is 16.9. The van der Waals surface area contributed by atoms with Crippen LogP contribution in [0.4, 0.5) is 0 Å². The topological polar surface area (TPSA) is 46.5 Å². The third kappa shape index (κ3) is 5.87. The van der Waals surface area contributed by atoms with Crippen molar-refractivity contribution in [3.63, 3.8) is 0 Å². The molecular weight excluding hydrogens is 272 g/mol. The Hall–Kier alpha value is -1.16. The zero-order valence-corrected chi connectivity index (χ0v) is 13.5. The number of thioether (sulfide) groups is 1. The van der Waals surface area contributed by atoms with Gasteiger partial charge >= 0.3 is 5.97 Å². The van der Waals surface area contributed by atoms with Gasteiger partial charge in [-0.25, -0.2) is 0 Å². The quantitative estimate of drug-likeness (QED) is 0.734. The van der Waals surface area contributed by atoms with Crippen molar-refractivity contribution in [3.8, 4) is 5.75 Å². The zero-order chi connectivity index (χ0) is 15.1. The van der Waals surface area contributed by atoms with Gasteiger partial charge in [-0.05, 0) is 36.1 Å². The van der Waals surface area contributed by atoms with Crippen LogP contribution < -0.4 is 4.74 Å². The van der Waals surface area contributed by atoms with E-state index in [1.54, 1.807) is 11.8 Å². The highest BCUT2D eigenvalue weighted by molar-refractivity contribution is 7.99. The molecule has 0 radical (unpaired) electrons. The van der Waals surface area contributed by atoms with Crippen molar-refractivity contribution in [1.29, 1.82) is 0 Å². The summed E-state index contributed by atoms with van der Waals surface area (Å²) in [6, 6.07) is 6.20. The minimum Gasteiger partial charge on any atom is -0.493 e. The lowest BCUT2D eigenvalue weighted by atomic mass is 9.98. The molecule has 0 aliphatic rings. The maximum Gasteiger partial charge on any atom is 0.304 e. The van der Waals surface area contributed by atoms with Crippen LogP contribution in [0.25, 0.3) is 0 Å². The molecule has 0 spiro atoms. The molecule has 3 nitrogen and oxygen atoms in total. The Labute approximate surface area is 125 Å². The Kier molecular flexibility index (Phi) is 6.93. The van der Waals surface area contributed by atoms with Crippen LogP contribution in [-0.4, -0.2) is 28.7 Å².